The number of nitrogens with one attached hydrogen (secondary N) is 2. The van der Waals surface area contributed by atoms with Gasteiger partial charge in [0, 0.05) is 25.0 Å². The predicted octanol–water partition coefficient (Wildman–Crippen LogP) is 3.58. The van der Waals surface area contributed by atoms with Crippen molar-refractivity contribution in [3.8, 4) is 0 Å². The molecule has 26 heavy (non-hydrogen) atoms. The quantitative estimate of drug-likeness (QED) is 0.497. The summed E-state index contributed by atoms with van der Waals surface area (Å²) < 4.78 is 37.8. The molecular weight excluding hydrogens is 363 g/mol. The van der Waals surface area contributed by atoms with Crippen molar-refractivity contribution in [3.63, 3.8) is 0 Å². The summed E-state index contributed by atoms with van der Waals surface area (Å²) >= 11 is 0.989. The van der Waals surface area contributed by atoms with Crippen molar-refractivity contribution in [1.29, 1.82) is 0 Å². The van der Waals surface area contributed by atoms with E-state index >= 15 is 0 Å². The molecule has 0 aromatic carbocycles. The van der Waals surface area contributed by atoms with Crippen molar-refractivity contribution in [3.05, 3.63) is 16.1 Å². The molecule has 0 saturated heterocycles. The van der Waals surface area contributed by atoms with Crippen LogP contribution in [0, 0.1) is 5.92 Å². The molecule has 0 radical (unpaired) electrons. The van der Waals surface area contributed by atoms with Gasteiger partial charge in [-0.05, 0) is 25.4 Å². The van der Waals surface area contributed by atoms with E-state index in [0.29, 0.717) is 22.9 Å². The summed E-state index contributed by atoms with van der Waals surface area (Å²) in [7, 11) is 1.65. The Labute approximate surface area is 158 Å². The van der Waals surface area contributed by atoms with Gasteiger partial charge in [-0.3, -0.25) is 9.89 Å². The second-order valence-electron chi connectivity index (χ2n) is 6.44. The maximum Gasteiger partial charge on any atom is 0.434 e. The minimum Gasteiger partial charge on any atom is -0.355 e. The van der Waals surface area contributed by atoms with E-state index in [1.54, 1.807) is 7.05 Å². The van der Waals surface area contributed by atoms with Crippen LogP contribution in [0.3, 0.4) is 0 Å². The third-order valence-electron chi connectivity index (χ3n) is 4.05. The number of thiazole rings is 1. The van der Waals surface area contributed by atoms with Crippen LogP contribution in [0.5, 0.6) is 0 Å². The maximum atomic E-state index is 12.6. The highest BCUT2D eigenvalue weighted by Crippen LogP contribution is 2.29. The average Bonchev–Trinajstić information content (AvgIpc) is 3.04. The van der Waals surface area contributed by atoms with Gasteiger partial charge in [0.25, 0.3) is 0 Å². The molecule has 0 aliphatic carbocycles. The molecule has 1 atom stereocenters. The molecule has 0 bridgehead atoms. The van der Waals surface area contributed by atoms with Gasteiger partial charge in [0.15, 0.2) is 11.7 Å². The summed E-state index contributed by atoms with van der Waals surface area (Å²) in [5.74, 6) is 1.14. The van der Waals surface area contributed by atoms with E-state index in [9.17, 15) is 13.2 Å². The number of halogens is 3. The second kappa shape index (κ2) is 10.7. The highest BCUT2D eigenvalue weighted by Gasteiger charge is 2.33. The average molecular weight is 394 g/mol. The summed E-state index contributed by atoms with van der Waals surface area (Å²) in [5.41, 5.74) is -0.847. The minimum atomic E-state index is -4.40. The van der Waals surface area contributed by atoms with E-state index < -0.39 is 11.9 Å². The van der Waals surface area contributed by atoms with Crippen LogP contribution in [0.2, 0.25) is 0 Å². The van der Waals surface area contributed by atoms with Gasteiger partial charge in [-0.25, -0.2) is 4.98 Å². The Bertz CT molecular complexity index is 553. The van der Waals surface area contributed by atoms with Gasteiger partial charge in [-0.15, -0.1) is 11.3 Å². The number of likely N-dealkylation sites (N-methyl/N-ethyl adjacent to an activating group) is 1. The number of rotatable bonds is 9. The van der Waals surface area contributed by atoms with Crippen molar-refractivity contribution in [2.24, 2.45) is 10.9 Å². The molecule has 1 aromatic rings. The molecule has 0 amide bonds. The number of nitrogens with zero attached hydrogens (tertiary/aromatic N) is 3. The van der Waals surface area contributed by atoms with E-state index in [2.05, 4.69) is 53.2 Å². The molecule has 0 saturated carbocycles. The molecule has 2 N–H and O–H groups in total. The molecule has 0 aliphatic heterocycles. The Balaban J connectivity index is 2.59. The van der Waals surface area contributed by atoms with Crippen LogP contribution in [0.15, 0.2) is 10.4 Å². The Morgan fingerprint density at radius 1 is 1.27 bits per heavy atom. The van der Waals surface area contributed by atoms with Gasteiger partial charge >= 0.3 is 6.18 Å². The van der Waals surface area contributed by atoms with Crippen molar-refractivity contribution in [2.75, 3.05) is 26.7 Å². The van der Waals surface area contributed by atoms with Gasteiger partial charge in [0.05, 0.1) is 6.54 Å². The van der Waals surface area contributed by atoms with Crippen LogP contribution in [-0.4, -0.2) is 48.6 Å². The SMILES string of the molecule is CCN(CC)C(CNC(=NC)NCc1nc(C(F)(F)F)cs1)CC(C)C. The predicted molar refractivity (Wildman–Crippen MR) is 101 cm³/mol. The van der Waals surface area contributed by atoms with Crippen LogP contribution in [0.4, 0.5) is 13.2 Å². The highest BCUT2D eigenvalue weighted by atomic mass is 32.1. The minimum absolute atomic E-state index is 0.209. The first-order valence-electron chi connectivity index (χ1n) is 8.91. The summed E-state index contributed by atoms with van der Waals surface area (Å²) in [6.07, 6.45) is -3.34. The van der Waals surface area contributed by atoms with Crippen LogP contribution < -0.4 is 10.6 Å². The lowest BCUT2D eigenvalue weighted by molar-refractivity contribution is -0.140. The fourth-order valence-electron chi connectivity index (χ4n) is 2.76. The summed E-state index contributed by atoms with van der Waals surface area (Å²) in [6, 6.07) is 0.375. The molecule has 9 heteroatoms. The van der Waals surface area contributed by atoms with Gasteiger partial charge < -0.3 is 10.6 Å². The Kier molecular flexibility index (Phi) is 9.35. The molecule has 1 heterocycles. The Morgan fingerprint density at radius 3 is 2.38 bits per heavy atom. The normalized spacial score (nSPS) is 14.2. The number of hydrogen-bond donors (Lipinski definition) is 2. The largest absolute Gasteiger partial charge is 0.434 e. The van der Waals surface area contributed by atoms with E-state index in [1.165, 1.54) is 0 Å². The molecule has 0 aliphatic rings. The maximum absolute atomic E-state index is 12.6. The standard InChI is InChI=1S/C17H30F3N5S/c1-6-25(7-2)13(8-12(3)4)9-22-16(21-5)23-10-15-24-14(11-26-15)17(18,19)20/h11-13H,6-10H2,1-5H3,(H2,21,22,23). The molecule has 1 rings (SSSR count). The zero-order valence-electron chi connectivity index (χ0n) is 16.2. The molecule has 0 fully saturated rings. The van der Waals surface area contributed by atoms with Gasteiger partial charge in [-0.2, -0.15) is 13.2 Å². The summed E-state index contributed by atoms with van der Waals surface area (Å²) in [5, 5.41) is 7.73. The van der Waals surface area contributed by atoms with E-state index in [4.69, 9.17) is 0 Å². The van der Waals surface area contributed by atoms with Gasteiger partial charge in [-0.1, -0.05) is 27.7 Å². The third-order valence-corrected chi connectivity index (χ3v) is 4.90. The number of alkyl halides is 3. The Morgan fingerprint density at radius 2 is 1.92 bits per heavy atom. The van der Waals surface area contributed by atoms with E-state index in [1.807, 2.05) is 0 Å². The molecule has 5 nitrogen and oxygen atoms in total. The van der Waals surface area contributed by atoms with Crippen molar-refractivity contribution in [2.45, 2.75) is 52.9 Å². The number of aromatic nitrogens is 1. The van der Waals surface area contributed by atoms with Crippen LogP contribution in [0.1, 0.15) is 44.8 Å². The van der Waals surface area contributed by atoms with E-state index in [0.717, 1.165) is 42.8 Å². The van der Waals surface area contributed by atoms with Gasteiger partial charge in [0.2, 0.25) is 0 Å². The highest BCUT2D eigenvalue weighted by molar-refractivity contribution is 7.09. The fourth-order valence-corrected chi connectivity index (χ4v) is 3.50. The van der Waals surface area contributed by atoms with Crippen LogP contribution in [0.25, 0.3) is 0 Å². The monoisotopic (exact) mass is 393 g/mol. The number of guanidine groups is 1. The fraction of sp³-hybridized carbons (Fsp3) is 0.765. The topological polar surface area (TPSA) is 52.5 Å². The first-order chi connectivity index (χ1) is 12.2. The van der Waals surface area contributed by atoms with Crippen LogP contribution in [-0.2, 0) is 12.7 Å². The van der Waals surface area contributed by atoms with Crippen molar-refractivity contribution in [1.82, 2.24) is 20.5 Å². The molecule has 1 aromatic heterocycles. The summed E-state index contributed by atoms with van der Waals surface area (Å²) in [4.78, 5) is 10.2. The third kappa shape index (κ3) is 7.49. The summed E-state index contributed by atoms with van der Waals surface area (Å²) in [6.45, 7) is 11.6. The zero-order chi connectivity index (χ0) is 19.7. The Hall–Kier alpha value is -1.35. The second-order valence-corrected chi connectivity index (χ2v) is 7.38. The van der Waals surface area contributed by atoms with Crippen molar-refractivity contribution >= 4 is 17.3 Å². The first kappa shape index (κ1) is 22.7. The number of hydrogen-bond acceptors (Lipinski definition) is 4. The lowest BCUT2D eigenvalue weighted by atomic mass is 10.0. The first-order valence-corrected chi connectivity index (χ1v) is 9.79. The van der Waals surface area contributed by atoms with Gasteiger partial charge in [0.1, 0.15) is 5.01 Å². The molecule has 1 unspecified atom stereocenters. The number of aliphatic imine (C=N–C) groups is 1. The lowest BCUT2D eigenvalue weighted by Crippen LogP contribution is -2.47. The zero-order valence-corrected chi connectivity index (χ0v) is 17.0. The smallest absolute Gasteiger partial charge is 0.355 e. The molecular formula is C17H30F3N5S. The molecule has 0 spiro atoms. The van der Waals surface area contributed by atoms with Crippen LogP contribution >= 0.6 is 11.3 Å². The molecule has 150 valence electrons. The lowest BCUT2D eigenvalue weighted by Gasteiger charge is -2.31. The van der Waals surface area contributed by atoms with Crippen molar-refractivity contribution < 1.29 is 13.2 Å². The van der Waals surface area contributed by atoms with E-state index in [-0.39, 0.29) is 6.54 Å².